The smallest absolute Gasteiger partial charge is 1.00 e. The van der Waals surface area contributed by atoms with Gasteiger partial charge in [0.25, 0.3) is 0 Å². The minimum atomic E-state index is 0. The normalized spacial score (nSPS) is 6.67. The van der Waals surface area contributed by atoms with E-state index in [0.717, 1.165) is 5.56 Å². The first kappa shape index (κ1) is 12.0. The van der Waals surface area contributed by atoms with Crippen LogP contribution in [0.15, 0.2) is 30.3 Å². The van der Waals surface area contributed by atoms with E-state index in [2.05, 4.69) is 6.92 Å². The second kappa shape index (κ2) is 6.42. The molecule has 9 heavy (non-hydrogen) atoms. The van der Waals surface area contributed by atoms with Crippen molar-refractivity contribution in [2.75, 3.05) is 0 Å². The predicted octanol–water partition coefficient (Wildman–Crippen LogP) is -1.13. The van der Waals surface area contributed by atoms with Gasteiger partial charge in [-0.2, -0.15) is 24.6 Å². The second-order valence-electron chi connectivity index (χ2n) is 1.49. The van der Waals surface area contributed by atoms with Crippen LogP contribution in [0.1, 0.15) is 5.56 Å². The van der Waals surface area contributed by atoms with Gasteiger partial charge in [0.1, 0.15) is 0 Å². The van der Waals surface area contributed by atoms with E-state index >= 15 is 0 Å². The molecule has 0 aliphatic carbocycles. The monoisotopic (exact) mass is 240 g/mol. The molecule has 0 N–H and O–H groups in total. The Hall–Kier alpha value is 0.302. The summed E-state index contributed by atoms with van der Waals surface area (Å²) in [4.78, 5) is 0. The average molecular weight is 239 g/mol. The molecule has 0 atom stereocenters. The first-order valence-electron chi connectivity index (χ1n) is 2.26. The molecular weight excluding hydrogens is 232 g/mol. The quantitative estimate of drug-likeness (QED) is 0.397. The molecule has 2 heteroatoms. The average Bonchev–Trinajstić information content (AvgIpc) is 1.69. The van der Waals surface area contributed by atoms with Gasteiger partial charge in [0, 0.05) is 0 Å². The molecule has 0 bridgehead atoms. The summed E-state index contributed by atoms with van der Waals surface area (Å²) in [6.07, 6.45) is 0. The summed E-state index contributed by atoms with van der Waals surface area (Å²) in [6, 6.07) is 9.87. The predicted molar refractivity (Wildman–Crippen MR) is 30.9 cm³/mol. The molecule has 0 aliphatic rings. The molecular formula is C7H7CdCl. The van der Waals surface area contributed by atoms with E-state index in [-0.39, 0.29) is 39.7 Å². The molecule has 0 saturated heterocycles. The molecule has 44 valence electrons. The number of hydrogen-bond acceptors (Lipinski definition) is 0. The Balaban J connectivity index is 0. The summed E-state index contributed by atoms with van der Waals surface area (Å²) < 4.78 is 0. The zero-order valence-electron chi connectivity index (χ0n) is 5.18. The second-order valence-corrected chi connectivity index (χ2v) is 1.49. The molecule has 0 nitrogen and oxygen atoms in total. The number of hydrogen-bond donors (Lipinski definition) is 0. The molecule has 0 radical (unpaired) electrons. The largest absolute Gasteiger partial charge is 2.00 e. The standard InChI is InChI=1S/C7H7.Cd.ClH/c1-7-5-3-2-4-6-7;;/h2-6H,1H2;;1H/q-1;+2;/p-1. The van der Waals surface area contributed by atoms with Crippen LogP contribution in [0.25, 0.3) is 0 Å². The van der Waals surface area contributed by atoms with Crippen LogP contribution < -0.4 is 12.4 Å². The van der Waals surface area contributed by atoms with Crippen molar-refractivity contribution < 1.29 is 39.7 Å². The Bertz CT molecular complexity index is 139. The van der Waals surface area contributed by atoms with Crippen LogP contribution in [0.3, 0.4) is 0 Å². The third-order valence-corrected chi connectivity index (χ3v) is 0.843. The van der Waals surface area contributed by atoms with Crippen LogP contribution >= 0.6 is 0 Å². The van der Waals surface area contributed by atoms with E-state index in [9.17, 15) is 0 Å². The van der Waals surface area contributed by atoms with Crippen LogP contribution in [-0.4, -0.2) is 0 Å². The summed E-state index contributed by atoms with van der Waals surface area (Å²) in [5, 5.41) is 0. The van der Waals surface area contributed by atoms with Crippen molar-refractivity contribution >= 4 is 0 Å². The van der Waals surface area contributed by atoms with E-state index < -0.39 is 0 Å². The summed E-state index contributed by atoms with van der Waals surface area (Å²) >= 11 is 0. The van der Waals surface area contributed by atoms with E-state index in [1.807, 2.05) is 30.3 Å². The van der Waals surface area contributed by atoms with Gasteiger partial charge in [-0.3, -0.25) is 0 Å². The van der Waals surface area contributed by atoms with Crippen molar-refractivity contribution in [1.82, 2.24) is 0 Å². The molecule has 1 aromatic rings. The molecule has 0 heterocycles. The van der Waals surface area contributed by atoms with Crippen LogP contribution in [-0.2, 0) is 27.3 Å². The van der Waals surface area contributed by atoms with Gasteiger partial charge in [0.15, 0.2) is 0 Å². The van der Waals surface area contributed by atoms with Crippen molar-refractivity contribution in [3.05, 3.63) is 42.8 Å². The summed E-state index contributed by atoms with van der Waals surface area (Å²) in [5.41, 5.74) is 1.07. The molecule has 0 saturated carbocycles. The van der Waals surface area contributed by atoms with Crippen LogP contribution in [0, 0.1) is 6.92 Å². The van der Waals surface area contributed by atoms with E-state index in [4.69, 9.17) is 0 Å². The fourth-order valence-electron chi connectivity index (χ4n) is 0.478. The van der Waals surface area contributed by atoms with Crippen LogP contribution in [0.2, 0.25) is 0 Å². The first-order valence-corrected chi connectivity index (χ1v) is 2.26. The van der Waals surface area contributed by atoms with Gasteiger partial charge in [-0.1, -0.05) is 6.07 Å². The minimum Gasteiger partial charge on any atom is -1.00 e. The number of halogens is 1. The summed E-state index contributed by atoms with van der Waals surface area (Å²) in [6.45, 7) is 3.72. The zero-order chi connectivity index (χ0) is 5.11. The molecule has 0 aromatic heterocycles. The molecule has 0 unspecified atom stereocenters. The maximum atomic E-state index is 3.72. The fourth-order valence-corrected chi connectivity index (χ4v) is 0.478. The Morgan fingerprint density at radius 3 is 1.67 bits per heavy atom. The molecule has 0 amide bonds. The third-order valence-electron chi connectivity index (χ3n) is 0.843. The van der Waals surface area contributed by atoms with Crippen molar-refractivity contribution in [1.29, 1.82) is 0 Å². The number of rotatable bonds is 0. The van der Waals surface area contributed by atoms with Gasteiger partial charge in [-0.15, -0.1) is 12.1 Å². The van der Waals surface area contributed by atoms with Crippen LogP contribution in [0.5, 0.6) is 0 Å². The maximum Gasteiger partial charge on any atom is 2.00 e. The van der Waals surface area contributed by atoms with Crippen LogP contribution in [0.4, 0.5) is 0 Å². The van der Waals surface area contributed by atoms with E-state index in [0.29, 0.717) is 0 Å². The molecule has 0 fully saturated rings. The van der Waals surface area contributed by atoms with Gasteiger partial charge in [0.2, 0.25) is 0 Å². The maximum absolute atomic E-state index is 3.72. The molecule has 0 spiro atoms. The Kier molecular flexibility index (Phi) is 8.58. The third kappa shape index (κ3) is 4.78. The Morgan fingerprint density at radius 1 is 1.00 bits per heavy atom. The first-order chi connectivity index (χ1) is 3.39. The molecule has 1 rings (SSSR count). The number of benzene rings is 1. The topological polar surface area (TPSA) is 0 Å². The van der Waals surface area contributed by atoms with Crippen molar-refractivity contribution in [2.24, 2.45) is 0 Å². The Labute approximate surface area is 82.2 Å². The van der Waals surface area contributed by atoms with Crippen molar-refractivity contribution in [3.63, 3.8) is 0 Å². The summed E-state index contributed by atoms with van der Waals surface area (Å²) in [5.74, 6) is 0. The Morgan fingerprint density at radius 2 is 1.44 bits per heavy atom. The van der Waals surface area contributed by atoms with Crippen molar-refractivity contribution in [2.45, 2.75) is 0 Å². The van der Waals surface area contributed by atoms with Gasteiger partial charge in [-0.25, -0.2) is 0 Å². The zero-order valence-corrected chi connectivity index (χ0v) is 9.97. The summed E-state index contributed by atoms with van der Waals surface area (Å²) in [7, 11) is 0. The van der Waals surface area contributed by atoms with Crippen molar-refractivity contribution in [3.8, 4) is 0 Å². The van der Waals surface area contributed by atoms with Gasteiger partial charge < -0.3 is 12.4 Å². The van der Waals surface area contributed by atoms with Gasteiger partial charge >= 0.3 is 27.3 Å². The van der Waals surface area contributed by atoms with Gasteiger partial charge in [-0.05, 0) is 0 Å². The minimum absolute atomic E-state index is 0. The molecule has 0 aliphatic heterocycles. The van der Waals surface area contributed by atoms with E-state index in [1.54, 1.807) is 0 Å². The molecule has 1 aromatic carbocycles. The fraction of sp³-hybridized carbons (Fsp3) is 0. The van der Waals surface area contributed by atoms with Gasteiger partial charge in [0.05, 0.1) is 0 Å². The SMILES string of the molecule is [CH2-]c1ccccc1.[Cd+2].[Cl-]. The van der Waals surface area contributed by atoms with E-state index in [1.165, 1.54) is 0 Å².